The molecule has 2 saturated heterocycles. The van der Waals surface area contributed by atoms with Gasteiger partial charge in [-0.3, -0.25) is 4.90 Å². The topological polar surface area (TPSA) is 108 Å². The number of ether oxygens (including phenoxy) is 3. The average Bonchev–Trinajstić information content (AvgIpc) is 3.03. The van der Waals surface area contributed by atoms with Crippen LogP contribution in [0.4, 0.5) is 28.8 Å². The summed E-state index contributed by atoms with van der Waals surface area (Å²) in [5.41, 5.74) is 4.16. The summed E-state index contributed by atoms with van der Waals surface area (Å²) in [5, 5.41) is 17.1. The van der Waals surface area contributed by atoms with Crippen molar-refractivity contribution in [3.63, 3.8) is 0 Å². The number of rotatable bonds is 10. The first-order chi connectivity index (χ1) is 21.9. The number of nitrogens with zero attached hydrogens (tertiary/aromatic N) is 5. The molecule has 0 saturated carbocycles. The number of methoxy groups -OCH3 is 1. The zero-order valence-corrected chi connectivity index (χ0v) is 28.4. The molecule has 3 aromatic rings. The van der Waals surface area contributed by atoms with Crippen LogP contribution in [0.2, 0.25) is 0 Å². The number of nitrogens with one attached hydrogen (secondary N) is 2. The molecule has 12 heteroatoms. The minimum atomic E-state index is -0.482. The van der Waals surface area contributed by atoms with Crippen molar-refractivity contribution in [1.29, 1.82) is 5.26 Å². The Hall–Kier alpha value is -3.45. The minimum Gasteiger partial charge on any atom is -0.494 e. The number of hydrogen-bond donors (Lipinski definition) is 2. The number of hydrogen-bond acceptors (Lipinski definition) is 11. The highest BCUT2D eigenvalue weighted by atomic mass is 32.2. The number of thioether (sulfide) groups is 1. The first kappa shape index (κ1) is 31.5. The molecule has 6 rings (SSSR count). The summed E-state index contributed by atoms with van der Waals surface area (Å²) in [7, 11) is 1.22. The van der Waals surface area contributed by atoms with Gasteiger partial charge in [0.25, 0.3) is 0 Å². The van der Waals surface area contributed by atoms with E-state index in [0.717, 1.165) is 83.7 Å². The smallest absolute Gasteiger partial charge is 0.229 e. The maximum Gasteiger partial charge on any atom is 0.229 e. The van der Waals surface area contributed by atoms with E-state index in [1.54, 1.807) is 18.9 Å². The zero-order valence-electron chi connectivity index (χ0n) is 26.7. The van der Waals surface area contributed by atoms with Crippen LogP contribution in [0.15, 0.2) is 35.4 Å². The van der Waals surface area contributed by atoms with E-state index in [1.165, 1.54) is 11.3 Å². The second-order valence-electron chi connectivity index (χ2n) is 12.0. The van der Waals surface area contributed by atoms with Crippen molar-refractivity contribution in [1.82, 2.24) is 14.9 Å². The lowest BCUT2D eigenvalue weighted by atomic mass is 9.91. The Morgan fingerprint density at radius 3 is 2.60 bits per heavy atom. The lowest BCUT2D eigenvalue weighted by molar-refractivity contribution is 0.0435. The van der Waals surface area contributed by atoms with Crippen molar-refractivity contribution < 1.29 is 14.2 Å². The van der Waals surface area contributed by atoms with E-state index in [-0.39, 0.29) is 0 Å². The maximum absolute atomic E-state index is 8.97. The van der Waals surface area contributed by atoms with Gasteiger partial charge in [0.2, 0.25) is 5.95 Å². The molecule has 0 bridgehead atoms. The van der Waals surface area contributed by atoms with E-state index in [1.807, 2.05) is 24.6 Å². The molecule has 0 radical (unpaired) electrons. The Bertz CT molecular complexity index is 1570. The zero-order chi connectivity index (χ0) is 31.5. The summed E-state index contributed by atoms with van der Waals surface area (Å²) in [5.74, 6) is 4.15. The van der Waals surface area contributed by atoms with Crippen molar-refractivity contribution in [3.05, 3.63) is 36.0 Å². The second kappa shape index (κ2) is 13.9. The fourth-order valence-corrected chi connectivity index (χ4v) is 8.13. The van der Waals surface area contributed by atoms with E-state index in [9.17, 15) is 0 Å². The molecule has 1 aromatic heterocycles. The standard InChI is InChI=1S/C33H42N7O3PS/c1-21-16-25(28(41-2)17-26(21)39-12-9-23(10-13-39)40-19-22(20-40)8-11-34)37-33-35-18-29(45-5)32(38-33)36-24-6-7-27-30(31(24)44(3)4)43-15-14-42-27/h6-7,16-18,22-23H,8-10,12-15,19-20H2,1-5H3,(H2,35,36,37,38). The normalized spacial score (nSPS) is 17.1. The van der Waals surface area contributed by atoms with Crippen molar-refractivity contribution in [2.45, 2.75) is 37.1 Å². The molecule has 0 amide bonds. The lowest BCUT2D eigenvalue weighted by Crippen LogP contribution is -2.55. The number of piperidine rings is 1. The Labute approximate surface area is 271 Å². The van der Waals surface area contributed by atoms with E-state index < -0.39 is 7.92 Å². The quantitative estimate of drug-likeness (QED) is 0.201. The van der Waals surface area contributed by atoms with Gasteiger partial charge in [-0.25, -0.2) is 4.98 Å². The molecular formula is C33H42N7O3PS. The lowest BCUT2D eigenvalue weighted by Gasteiger charge is -2.47. The number of anilines is 5. The molecule has 3 aliphatic heterocycles. The van der Waals surface area contributed by atoms with Crippen LogP contribution in [0.5, 0.6) is 17.2 Å². The fraction of sp³-hybridized carbons (Fsp3) is 0.485. The number of aryl methyl sites for hydroxylation is 1. The Morgan fingerprint density at radius 1 is 1.11 bits per heavy atom. The highest BCUT2D eigenvalue weighted by molar-refractivity contribution is 7.98. The largest absolute Gasteiger partial charge is 0.494 e. The molecular weight excluding hydrogens is 605 g/mol. The van der Waals surface area contributed by atoms with Crippen molar-refractivity contribution in [3.8, 4) is 23.3 Å². The highest BCUT2D eigenvalue weighted by Crippen LogP contribution is 2.42. The number of aromatic nitrogens is 2. The summed E-state index contributed by atoms with van der Waals surface area (Å²) in [6, 6.07) is 11.2. The van der Waals surface area contributed by atoms with E-state index >= 15 is 0 Å². The predicted octanol–water partition coefficient (Wildman–Crippen LogP) is 5.96. The van der Waals surface area contributed by atoms with Crippen molar-refractivity contribution in [2.75, 3.05) is 81.6 Å². The van der Waals surface area contributed by atoms with Crippen LogP contribution in [0, 0.1) is 24.2 Å². The van der Waals surface area contributed by atoms with Gasteiger partial charge >= 0.3 is 0 Å². The van der Waals surface area contributed by atoms with Crippen LogP contribution in [0.25, 0.3) is 0 Å². The molecule has 0 aliphatic carbocycles. The summed E-state index contributed by atoms with van der Waals surface area (Å²) >= 11 is 1.60. The van der Waals surface area contributed by atoms with Gasteiger partial charge < -0.3 is 29.7 Å². The summed E-state index contributed by atoms with van der Waals surface area (Å²) in [6.45, 7) is 11.9. The van der Waals surface area contributed by atoms with Crippen molar-refractivity contribution in [2.24, 2.45) is 5.92 Å². The maximum atomic E-state index is 8.97. The monoisotopic (exact) mass is 647 g/mol. The third kappa shape index (κ3) is 6.74. The van der Waals surface area contributed by atoms with Gasteiger partial charge in [-0.05, 0) is 69.0 Å². The molecule has 238 valence electrons. The summed E-state index contributed by atoms with van der Waals surface area (Å²) in [4.78, 5) is 15.5. The Morgan fingerprint density at radius 2 is 1.89 bits per heavy atom. The minimum absolute atomic E-state index is 0.482. The molecule has 0 atom stereocenters. The average molecular weight is 648 g/mol. The first-order valence-electron chi connectivity index (χ1n) is 15.5. The van der Waals surface area contributed by atoms with Gasteiger partial charge in [0, 0.05) is 61.9 Å². The van der Waals surface area contributed by atoms with Crippen molar-refractivity contribution >= 4 is 53.8 Å². The number of nitriles is 1. The summed E-state index contributed by atoms with van der Waals surface area (Å²) in [6.07, 6.45) is 6.82. The Kier molecular flexibility index (Phi) is 9.74. The number of benzene rings is 2. The fourth-order valence-electron chi connectivity index (χ4n) is 6.49. The predicted molar refractivity (Wildman–Crippen MR) is 184 cm³/mol. The van der Waals surface area contributed by atoms with Crippen LogP contribution in [-0.2, 0) is 0 Å². The second-order valence-corrected chi connectivity index (χ2v) is 15.1. The van der Waals surface area contributed by atoms with Crippen LogP contribution in [0.1, 0.15) is 24.8 Å². The van der Waals surface area contributed by atoms with Gasteiger partial charge in [-0.1, -0.05) is 7.92 Å². The van der Waals surface area contributed by atoms with Crippen LogP contribution in [-0.4, -0.2) is 87.0 Å². The van der Waals surface area contributed by atoms with Gasteiger partial charge in [-0.2, -0.15) is 10.2 Å². The third-order valence-electron chi connectivity index (χ3n) is 8.81. The van der Waals surface area contributed by atoms with Gasteiger partial charge in [-0.15, -0.1) is 11.8 Å². The van der Waals surface area contributed by atoms with E-state index in [2.05, 4.69) is 63.9 Å². The highest BCUT2D eigenvalue weighted by Gasteiger charge is 2.34. The molecule has 45 heavy (non-hydrogen) atoms. The number of fused-ring (bicyclic) bond motifs is 1. The van der Waals surface area contributed by atoms with Gasteiger partial charge in [0.05, 0.1) is 29.4 Å². The van der Waals surface area contributed by atoms with Crippen LogP contribution in [0.3, 0.4) is 0 Å². The molecule has 4 heterocycles. The van der Waals surface area contributed by atoms with Crippen LogP contribution < -0.4 is 35.0 Å². The van der Waals surface area contributed by atoms with Gasteiger partial charge in [0.15, 0.2) is 11.5 Å². The summed E-state index contributed by atoms with van der Waals surface area (Å²) < 4.78 is 17.8. The first-order valence-corrected chi connectivity index (χ1v) is 18.9. The molecule has 3 aliphatic rings. The molecule has 2 fully saturated rings. The Balaban J connectivity index is 1.18. The third-order valence-corrected chi connectivity index (χ3v) is 10.9. The number of likely N-dealkylation sites (tertiary alicyclic amines) is 1. The molecule has 10 nitrogen and oxygen atoms in total. The van der Waals surface area contributed by atoms with Crippen LogP contribution >= 0.6 is 19.7 Å². The van der Waals surface area contributed by atoms with Gasteiger partial charge in [0.1, 0.15) is 24.8 Å². The SMILES string of the molecule is COc1cc(N2CCC(N3CC(CC#N)C3)CC2)c(C)cc1Nc1ncc(SC)c(Nc2ccc3c(c2P(C)C)OCCO3)n1. The van der Waals surface area contributed by atoms with E-state index in [4.69, 9.17) is 24.5 Å². The molecule has 2 aromatic carbocycles. The van der Waals surface area contributed by atoms with E-state index in [0.29, 0.717) is 37.5 Å². The molecule has 0 unspecified atom stereocenters. The molecule has 2 N–H and O–H groups in total. The molecule has 0 spiro atoms.